The lowest BCUT2D eigenvalue weighted by atomic mass is 10.1. The number of nitrogens with zero attached hydrogens (tertiary/aromatic N) is 1. The van der Waals surface area contributed by atoms with Gasteiger partial charge < -0.3 is 20.1 Å². The summed E-state index contributed by atoms with van der Waals surface area (Å²) in [6.45, 7) is 3.13. The van der Waals surface area contributed by atoms with Gasteiger partial charge in [0.1, 0.15) is 5.82 Å². The minimum absolute atomic E-state index is 0. The Bertz CT molecular complexity index is 433. The molecule has 0 atom stereocenters. The van der Waals surface area contributed by atoms with Crippen LogP contribution in [0.1, 0.15) is 5.56 Å². The molecule has 0 radical (unpaired) electrons. The van der Waals surface area contributed by atoms with Crippen molar-refractivity contribution in [3.05, 3.63) is 35.6 Å². The lowest BCUT2D eigenvalue weighted by Crippen LogP contribution is -2.39. The SMILES string of the molecule is CN=C(NCCOCCOC)NCCc1cccc(F)c1.I. The summed E-state index contributed by atoms with van der Waals surface area (Å²) < 4.78 is 23.3. The lowest BCUT2D eigenvalue weighted by molar-refractivity contribution is 0.0733. The van der Waals surface area contributed by atoms with Crippen LogP contribution in [0.4, 0.5) is 4.39 Å². The van der Waals surface area contributed by atoms with Gasteiger partial charge in [0.05, 0.1) is 19.8 Å². The predicted octanol–water partition coefficient (Wildman–Crippen LogP) is 1.81. The van der Waals surface area contributed by atoms with E-state index in [2.05, 4.69) is 15.6 Å². The first-order valence-corrected chi connectivity index (χ1v) is 7.02. The van der Waals surface area contributed by atoms with E-state index in [1.165, 1.54) is 6.07 Å². The molecule has 1 aromatic rings. The molecule has 0 spiro atoms. The minimum Gasteiger partial charge on any atom is -0.382 e. The summed E-state index contributed by atoms with van der Waals surface area (Å²) in [5, 5.41) is 6.32. The van der Waals surface area contributed by atoms with Crippen molar-refractivity contribution in [2.24, 2.45) is 4.99 Å². The van der Waals surface area contributed by atoms with E-state index in [-0.39, 0.29) is 29.8 Å². The molecule has 5 nitrogen and oxygen atoms in total. The molecule has 7 heteroatoms. The lowest BCUT2D eigenvalue weighted by Gasteiger charge is -2.12. The number of nitrogens with one attached hydrogen (secondary N) is 2. The summed E-state index contributed by atoms with van der Waals surface area (Å²) in [6.07, 6.45) is 0.739. The summed E-state index contributed by atoms with van der Waals surface area (Å²) in [5.41, 5.74) is 0.959. The quantitative estimate of drug-likeness (QED) is 0.274. The van der Waals surface area contributed by atoms with E-state index in [9.17, 15) is 4.39 Å². The van der Waals surface area contributed by atoms with Gasteiger partial charge >= 0.3 is 0 Å². The van der Waals surface area contributed by atoms with Crippen LogP contribution >= 0.6 is 24.0 Å². The monoisotopic (exact) mass is 425 g/mol. The van der Waals surface area contributed by atoms with Crippen LogP contribution in [0.2, 0.25) is 0 Å². The molecule has 2 N–H and O–H groups in total. The van der Waals surface area contributed by atoms with Gasteiger partial charge in [0, 0.05) is 27.2 Å². The van der Waals surface area contributed by atoms with Crippen molar-refractivity contribution >= 4 is 29.9 Å². The molecule has 1 rings (SSSR count). The van der Waals surface area contributed by atoms with Crippen LogP contribution in [0, 0.1) is 5.82 Å². The average Bonchev–Trinajstić information content (AvgIpc) is 2.49. The van der Waals surface area contributed by atoms with E-state index < -0.39 is 0 Å². The van der Waals surface area contributed by atoms with E-state index in [1.54, 1.807) is 26.3 Å². The molecule has 0 aliphatic rings. The molecular weight excluding hydrogens is 400 g/mol. The Labute approximate surface area is 148 Å². The van der Waals surface area contributed by atoms with E-state index >= 15 is 0 Å². The highest BCUT2D eigenvalue weighted by atomic mass is 127. The highest BCUT2D eigenvalue weighted by Gasteiger charge is 1.99. The maximum Gasteiger partial charge on any atom is 0.191 e. The average molecular weight is 425 g/mol. The second-order valence-corrected chi connectivity index (χ2v) is 4.41. The zero-order valence-electron chi connectivity index (χ0n) is 13.1. The second kappa shape index (κ2) is 13.7. The number of benzene rings is 1. The van der Waals surface area contributed by atoms with Crippen LogP contribution in [0.25, 0.3) is 0 Å². The molecule has 0 aliphatic heterocycles. The summed E-state index contributed by atoms with van der Waals surface area (Å²) in [6, 6.07) is 6.61. The molecule has 0 fully saturated rings. The third-order valence-corrected chi connectivity index (χ3v) is 2.79. The molecule has 22 heavy (non-hydrogen) atoms. The molecule has 0 saturated heterocycles. The highest BCUT2D eigenvalue weighted by Crippen LogP contribution is 2.03. The fourth-order valence-corrected chi connectivity index (χ4v) is 1.72. The van der Waals surface area contributed by atoms with Crippen molar-refractivity contribution in [3.8, 4) is 0 Å². The third-order valence-electron chi connectivity index (χ3n) is 2.79. The van der Waals surface area contributed by atoms with Crippen molar-refractivity contribution in [1.82, 2.24) is 10.6 Å². The van der Waals surface area contributed by atoms with Gasteiger partial charge in [-0.3, -0.25) is 4.99 Å². The van der Waals surface area contributed by atoms with Gasteiger partial charge in [-0.15, -0.1) is 24.0 Å². The number of halogens is 2. The largest absolute Gasteiger partial charge is 0.382 e. The Morgan fingerprint density at radius 2 is 1.95 bits per heavy atom. The molecule has 0 amide bonds. The van der Waals surface area contributed by atoms with E-state index in [4.69, 9.17) is 9.47 Å². The Kier molecular flexibility index (Phi) is 13.1. The number of methoxy groups -OCH3 is 1. The van der Waals surface area contributed by atoms with Gasteiger partial charge in [-0.25, -0.2) is 4.39 Å². The standard InChI is InChI=1S/C15H24FN3O2.HI/c1-17-15(19-8-9-21-11-10-20-2)18-7-6-13-4-3-5-14(16)12-13;/h3-5,12H,6-11H2,1-2H3,(H2,17,18,19);1H. The van der Waals surface area contributed by atoms with E-state index in [0.29, 0.717) is 38.9 Å². The fraction of sp³-hybridized carbons (Fsp3) is 0.533. The maximum absolute atomic E-state index is 13.0. The molecule has 0 aliphatic carbocycles. The van der Waals surface area contributed by atoms with E-state index in [1.807, 2.05) is 6.07 Å². The molecule has 0 bridgehead atoms. The molecule has 1 aromatic carbocycles. The Balaban J connectivity index is 0.00000441. The molecule has 0 unspecified atom stereocenters. The fourth-order valence-electron chi connectivity index (χ4n) is 1.72. The number of aliphatic imine (C=N–C) groups is 1. The topological polar surface area (TPSA) is 54.9 Å². The van der Waals surface area contributed by atoms with Crippen LogP contribution < -0.4 is 10.6 Å². The molecule has 0 saturated carbocycles. The zero-order chi connectivity index (χ0) is 15.3. The highest BCUT2D eigenvalue weighted by molar-refractivity contribution is 14.0. The minimum atomic E-state index is -0.205. The zero-order valence-corrected chi connectivity index (χ0v) is 15.4. The van der Waals surface area contributed by atoms with Gasteiger partial charge in [0.25, 0.3) is 0 Å². The number of guanidine groups is 1. The Hall–Kier alpha value is -0.930. The van der Waals surface area contributed by atoms with Gasteiger partial charge in [-0.05, 0) is 24.1 Å². The first-order chi connectivity index (χ1) is 10.3. The van der Waals surface area contributed by atoms with Gasteiger partial charge in [0.15, 0.2) is 5.96 Å². The molecular formula is C15H25FIN3O2. The van der Waals surface area contributed by atoms with Crippen molar-refractivity contribution < 1.29 is 13.9 Å². The number of hydrogen-bond acceptors (Lipinski definition) is 3. The number of rotatable bonds is 9. The number of hydrogen-bond donors (Lipinski definition) is 2. The maximum atomic E-state index is 13.0. The number of ether oxygens (including phenoxy) is 2. The Morgan fingerprint density at radius 1 is 1.18 bits per heavy atom. The normalized spacial score (nSPS) is 11.0. The van der Waals surface area contributed by atoms with Crippen molar-refractivity contribution in [1.29, 1.82) is 0 Å². The van der Waals surface area contributed by atoms with Crippen molar-refractivity contribution in [3.63, 3.8) is 0 Å². The van der Waals surface area contributed by atoms with Crippen LogP contribution in [0.5, 0.6) is 0 Å². The summed E-state index contributed by atoms with van der Waals surface area (Å²) in [7, 11) is 3.36. The summed E-state index contributed by atoms with van der Waals surface area (Å²) in [4.78, 5) is 4.11. The van der Waals surface area contributed by atoms with Crippen LogP contribution in [0.3, 0.4) is 0 Å². The van der Waals surface area contributed by atoms with Crippen LogP contribution in [-0.2, 0) is 15.9 Å². The smallest absolute Gasteiger partial charge is 0.191 e. The van der Waals surface area contributed by atoms with Crippen LogP contribution in [0.15, 0.2) is 29.3 Å². The molecule has 126 valence electrons. The third kappa shape index (κ3) is 9.91. The van der Waals surface area contributed by atoms with Crippen molar-refractivity contribution in [2.75, 3.05) is 47.1 Å². The van der Waals surface area contributed by atoms with E-state index in [0.717, 1.165) is 12.0 Å². The first kappa shape index (κ1) is 21.1. The molecule has 0 aromatic heterocycles. The second-order valence-electron chi connectivity index (χ2n) is 4.41. The van der Waals surface area contributed by atoms with Crippen molar-refractivity contribution in [2.45, 2.75) is 6.42 Å². The summed E-state index contributed by atoms with van der Waals surface area (Å²) in [5.74, 6) is 0.505. The summed E-state index contributed by atoms with van der Waals surface area (Å²) >= 11 is 0. The van der Waals surface area contributed by atoms with Gasteiger partial charge in [0.2, 0.25) is 0 Å². The van der Waals surface area contributed by atoms with Gasteiger partial charge in [-0.1, -0.05) is 12.1 Å². The van der Waals surface area contributed by atoms with Crippen LogP contribution in [-0.4, -0.2) is 53.0 Å². The predicted molar refractivity (Wildman–Crippen MR) is 97.6 cm³/mol. The first-order valence-electron chi connectivity index (χ1n) is 7.02. The van der Waals surface area contributed by atoms with Gasteiger partial charge in [-0.2, -0.15) is 0 Å². The molecule has 0 heterocycles. The Morgan fingerprint density at radius 3 is 2.64 bits per heavy atom.